The third-order valence-electron chi connectivity index (χ3n) is 3.61. The maximum Gasteiger partial charge on any atom is 0.192 e. The number of ether oxygens (including phenoxy) is 1. The Hall–Kier alpha value is -1.35. The van der Waals surface area contributed by atoms with Crippen molar-refractivity contribution in [3.8, 4) is 21.1 Å². The summed E-state index contributed by atoms with van der Waals surface area (Å²) in [5.41, 5.74) is 1.14. The van der Waals surface area contributed by atoms with Gasteiger partial charge in [0.05, 0.1) is 4.88 Å². The molecule has 3 aromatic heterocycles. The second-order valence-electron chi connectivity index (χ2n) is 6.98. The molecule has 8 heteroatoms. The third-order valence-corrected chi connectivity index (χ3v) is 7.38. The first-order valence-electron chi connectivity index (χ1n) is 8.10. The number of nitrogens with zero attached hydrogens (tertiary/aromatic N) is 4. The maximum absolute atomic E-state index is 5.73. The van der Waals surface area contributed by atoms with Gasteiger partial charge in [-0.15, -0.1) is 16.4 Å². The quantitative estimate of drug-likeness (QED) is 0.379. The molecule has 0 fully saturated rings. The van der Waals surface area contributed by atoms with Gasteiger partial charge < -0.3 is 4.74 Å². The highest BCUT2D eigenvalue weighted by Crippen LogP contribution is 2.39. The Morgan fingerprint density at radius 1 is 1.24 bits per heavy atom. The van der Waals surface area contributed by atoms with Crippen LogP contribution in [0.2, 0.25) is 25.7 Å². The predicted molar refractivity (Wildman–Crippen MR) is 108 cm³/mol. The van der Waals surface area contributed by atoms with E-state index in [4.69, 9.17) is 4.74 Å². The summed E-state index contributed by atoms with van der Waals surface area (Å²) in [6, 6.07) is 7.25. The Labute approximate surface area is 161 Å². The highest BCUT2D eigenvalue weighted by Gasteiger charge is 2.15. The van der Waals surface area contributed by atoms with Crippen LogP contribution in [0, 0.1) is 0 Å². The zero-order chi connectivity index (χ0) is 17.9. The molecule has 0 atom stereocenters. The summed E-state index contributed by atoms with van der Waals surface area (Å²) in [5.74, 6) is 0.714. The molecule has 132 valence electrons. The number of halogens is 1. The molecule has 0 bridgehead atoms. The van der Waals surface area contributed by atoms with Gasteiger partial charge >= 0.3 is 0 Å². The lowest BCUT2D eigenvalue weighted by Crippen LogP contribution is -2.22. The van der Waals surface area contributed by atoms with Gasteiger partial charge in [0.25, 0.3) is 0 Å². The smallest absolute Gasteiger partial charge is 0.192 e. The van der Waals surface area contributed by atoms with E-state index in [1.807, 2.05) is 12.1 Å². The van der Waals surface area contributed by atoms with E-state index in [1.165, 1.54) is 0 Å². The van der Waals surface area contributed by atoms with Crippen LogP contribution in [-0.2, 0) is 11.5 Å². The van der Waals surface area contributed by atoms with Crippen molar-refractivity contribution >= 4 is 35.3 Å². The van der Waals surface area contributed by atoms with Gasteiger partial charge in [0.15, 0.2) is 5.82 Å². The molecule has 0 radical (unpaired) electrons. The van der Waals surface area contributed by atoms with Crippen LogP contribution in [-0.4, -0.2) is 34.4 Å². The summed E-state index contributed by atoms with van der Waals surface area (Å²) in [6.45, 7) is 8.26. The SMILES string of the molecule is C[Si](C)(C)CCOCn1cnc(-c2sc(-c3ccncc3)cc2Br)n1. The topological polar surface area (TPSA) is 52.8 Å². The second-order valence-corrected chi connectivity index (χ2v) is 14.5. The fourth-order valence-electron chi connectivity index (χ4n) is 2.18. The highest BCUT2D eigenvalue weighted by molar-refractivity contribution is 9.10. The molecule has 0 aliphatic heterocycles. The van der Waals surface area contributed by atoms with Crippen molar-refractivity contribution in [2.24, 2.45) is 0 Å². The largest absolute Gasteiger partial charge is 0.359 e. The van der Waals surface area contributed by atoms with Crippen LogP contribution in [0.1, 0.15) is 0 Å². The minimum absolute atomic E-state index is 0.442. The zero-order valence-corrected chi connectivity index (χ0v) is 18.0. The maximum atomic E-state index is 5.73. The molecule has 0 aliphatic rings. The van der Waals surface area contributed by atoms with Gasteiger partial charge in [0.1, 0.15) is 13.1 Å². The van der Waals surface area contributed by atoms with Crippen molar-refractivity contribution in [2.45, 2.75) is 32.4 Å². The van der Waals surface area contributed by atoms with Crippen molar-refractivity contribution in [2.75, 3.05) is 6.61 Å². The van der Waals surface area contributed by atoms with Crippen LogP contribution in [0.3, 0.4) is 0 Å². The van der Waals surface area contributed by atoms with Crippen LogP contribution in [0.4, 0.5) is 0 Å². The monoisotopic (exact) mass is 436 g/mol. The summed E-state index contributed by atoms with van der Waals surface area (Å²) in [7, 11) is -1.06. The van der Waals surface area contributed by atoms with Crippen molar-refractivity contribution in [3.63, 3.8) is 0 Å². The fraction of sp³-hybridized carbons (Fsp3) is 0.353. The number of thiophene rings is 1. The van der Waals surface area contributed by atoms with E-state index < -0.39 is 8.07 Å². The van der Waals surface area contributed by atoms with Crippen molar-refractivity contribution < 1.29 is 4.74 Å². The van der Waals surface area contributed by atoms with E-state index in [1.54, 1.807) is 34.7 Å². The van der Waals surface area contributed by atoms with E-state index in [0.717, 1.165) is 32.4 Å². The van der Waals surface area contributed by atoms with Gasteiger partial charge in [-0.3, -0.25) is 4.98 Å². The van der Waals surface area contributed by atoms with Crippen molar-refractivity contribution in [1.29, 1.82) is 0 Å². The van der Waals surface area contributed by atoms with E-state index in [0.29, 0.717) is 12.6 Å². The Morgan fingerprint density at radius 2 is 2.00 bits per heavy atom. The molecule has 0 spiro atoms. The summed E-state index contributed by atoms with van der Waals surface area (Å²) < 4.78 is 8.48. The van der Waals surface area contributed by atoms with Crippen LogP contribution < -0.4 is 0 Å². The molecular weight excluding hydrogens is 416 g/mol. The average molecular weight is 437 g/mol. The first kappa shape index (κ1) is 18.4. The summed E-state index contributed by atoms with van der Waals surface area (Å²) in [6.07, 6.45) is 5.32. The molecule has 0 aromatic carbocycles. The molecule has 0 aliphatic carbocycles. The van der Waals surface area contributed by atoms with E-state index >= 15 is 0 Å². The number of hydrogen-bond donors (Lipinski definition) is 0. The molecule has 3 heterocycles. The second kappa shape index (κ2) is 7.90. The molecular formula is C17H21BrN4OSSi. The Bertz CT molecular complexity index is 829. The van der Waals surface area contributed by atoms with Gasteiger partial charge in [0, 0.05) is 36.4 Å². The Morgan fingerprint density at radius 3 is 2.72 bits per heavy atom. The summed E-state index contributed by atoms with van der Waals surface area (Å²) in [4.78, 5) is 10.7. The van der Waals surface area contributed by atoms with Gasteiger partial charge in [-0.25, -0.2) is 9.67 Å². The zero-order valence-electron chi connectivity index (χ0n) is 14.6. The lowest BCUT2D eigenvalue weighted by molar-refractivity contribution is 0.0785. The van der Waals surface area contributed by atoms with Crippen molar-refractivity contribution in [1.82, 2.24) is 19.7 Å². The number of hydrogen-bond acceptors (Lipinski definition) is 5. The van der Waals surface area contributed by atoms with Gasteiger partial charge in [-0.05, 0) is 45.7 Å². The first-order valence-corrected chi connectivity index (χ1v) is 13.4. The van der Waals surface area contributed by atoms with Gasteiger partial charge in [-0.2, -0.15) is 0 Å². The predicted octanol–water partition coefficient (Wildman–Crippen LogP) is 5.14. The number of aromatic nitrogens is 4. The minimum Gasteiger partial charge on any atom is -0.359 e. The van der Waals surface area contributed by atoms with Crippen molar-refractivity contribution in [3.05, 3.63) is 41.4 Å². The molecule has 0 saturated carbocycles. The molecule has 0 saturated heterocycles. The van der Waals surface area contributed by atoms with Crippen LogP contribution >= 0.6 is 27.3 Å². The third kappa shape index (κ3) is 5.07. The molecule has 0 amide bonds. The van der Waals surface area contributed by atoms with Crippen LogP contribution in [0.25, 0.3) is 21.1 Å². The van der Waals surface area contributed by atoms with Crippen LogP contribution in [0.15, 0.2) is 41.4 Å². The lowest BCUT2D eigenvalue weighted by Gasteiger charge is -2.15. The Balaban J connectivity index is 1.67. The highest BCUT2D eigenvalue weighted by atomic mass is 79.9. The molecule has 25 heavy (non-hydrogen) atoms. The summed E-state index contributed by atoms with van der Waals surface area (Å²) in [5, 5.41) is 4.54. The average Bonchev–Trinajstić information content (AvgIpc) is 3.18. The van der Waals surface area contributed by atoms with E-state index in [2.05, 4.69) is 56.7 Å². The van der Waals surface area contributed by atoms with E-state index in [-0.39, 0.29) is 0 Å². The molecule has 0 N–H and O–H groups in total. The minimum atomic E-state index is -1.06. The fourth-order valence-corrected chi connectivity index (χ4v) is 4.73. The number of rotatable bonds is 7. The lowest BCUT2D eigenvalue weighted by atomic mass is 10.2. The first-order chi connectivity index (χ1) is 11.9. The summed E-state index contributed by atoms with van der Waals surface area (Å²) >= 11 is 5.29. The molecule has 3 rings (SSSR count). The number of pyridine rings is 1. The molecule has 0 unspecified atom stereocenters. The normalized spacial score (nSPS) is 11.8. The van der Waals surface area contributed by atoms with Gasteiger partial charge in [-0.1, -0.05) is 19.6 Å². The molecule has 5 nitrogen and oxygen atoms in total. The molecule has 3 aromatic rings. The Kier molecular flexibility index (Phi) is 5.83. The van der Waals surface area contributed by atoms with E-state index in [9.17, 15) is 0 Å². The van der Waals surface area contributed by atoms with Gasteiger partial charge in [0.2, 0.25) is 0 Å². The van der Waals surface area contributed by atoms with Crippen LogP contribution in [0.5, 0.6) is 0 Å². The standard InChI is InChI=1S/C17H21BrN4OSSi/c1-25(2,3)9-8-23-12-22-11-20-17(21-22)16-14(18)10-15(24-16)13-4-6-19-7-5-13/h4-7,10-11H,8-9,12H2,1-3H3.